The Kier molecular flexibility index (Phi) is 29.6. The second kappa shape index (κ2) is 30.8. The molecule has 0 amide bonds. The highest BCUT2D eigenvalue weighted by Gasteiger charge is 2.22. The van der Waals surface area contributed by atoms with Gasteiger partial charge in [0.2, 0.25) is 0 Å². The van der Waals surface area contributed by atoms with Gasteiger partial charge < -0.3 is 19.3 Å². The zero-order valence-electron chi connectivity index (χ0n) is 28.3. The first-order chi connectivity index (χ1) is 21.7. The van der Waals surface area contributed by atoms with Crippen LogP contribution in [0.2, 0.25) is 0 Å². The Morgan fingerprint density at radius 2 is 1.11 bits per heavy atom. The zero-order valence-corrected chi connectivity index (χ0v) is 29.2. The van der Waals surface area contributed by atoms with Crippen molar-refractivity contribution in [1.82, 2.24) is 0 Å². The van der Waals surface area contributed by atoms with E-state index in [1.165, 1.54) is 51.4 Å². The SMILES string of the molecule is CCCCCCCCCCCCCC(=O)OC[C@H](COP(=O)(O)O)OC(=O)CCCCCCC/C=C\C=C\C(=O)CCCCC. The first kappa shape index (κ1) is 43.2. The summed E-state index contributed by atoms with van der Waals surface area (Å²) in [6.07, 6.45) is 28.8. The van der Waals surface area contributed by atoms with Gasteiger partial charge in [0.15, 0.2) is 11.9 Å². The molecule has 2 N–H and O–H groups in total. The van der Waals surface area contributed by atoms with Crippen LogP contribution in [0.3, 0.4) is 0 Å². The fourth-order valence-corrected chi connectivity index (χ4v) is 5.13. The minimum atomic E-state index is -4.76. The van der Waals surface area contributed by atoms with Crippen LogP contribution >= 0.6 is 7.82 Å². The van der Waals surface area contributed by atoms with Gasteiger partial charge in [-0.3, -0.25) is 18.9 Å². The summed E-state index contributed by atoms with van der Waals surface area (Å²) in [6, 6.07) is 0. The number of hydrogen-bond acceptors (Lipinski definition) is 7. The highest BCUT2D eigenvalue weighted by Crippen LogP contribution is 2.36. The van der Waals surface area contributed by atoms with Gasteiger partial charge in [-0.25, -0.2) is 4.57 Å². The third kappa shape index (κ3) is 33.4. The number of hydrogen-bond donors (Lipinski definition) is 2. The molecular weight excluding hydrogens is 595 g/mol. The number of carbonyl (C=O) groups excluding carboxylic acids is 3. The van der Waals surface area contributed by atoms with Crippen molar-refractivity contribution >= 4 is 25.5 Å². The molecule has 0 aliphatic heterocycles. The predicted molar refractivity (Wildman–Crippen MR) is 180 cm³/mol. The maximum Gasteiger partial charge on any atom is 0.469 e. The van der Waals surface area contributed by atoms with Gasteiger partial charge in [0.25, 0.3) is 0 Å². The monoisotopic (exact) mass is 658 g/mol. The number of unbranched alkanes of at least 4 members (excludes halogenated alkanes) is 17. The Hall–Kier alpha value is -1.80. The van der Waals surface area contributed by atoms with Gasteiger partial charge in [-0.05, 0) is 38.2 Å². The molecule has 0 saturated carbocycles. The molecule has 0 radical (unpaired) electrons. The van der Waals surface area contributed by atoms with E-state index in [4.69, 9.17) is 19.3 Å². The Balaban J connectivity index is 4.07. The van der Waals surface area contributed by atoms with Crippen molar-refractivity contribution in [1.29, 1.82) is 0 Å². The number of carbonyl (C=O) groups is 3. The van der Waals surface area contributed by atoms with E-state index >= 15 is 0 Å². The van der Waals surface area contributed by atoms with Gasteiger partial charge in [-0.1, -0.05) is 128 Å². The summed E-state index contributed by atoms with van der Waals surface area (Å²) < 4.78 is 26.2. The highest BCUT2D eigenvalue weighted by atomic mass is 31.2. The second-order valence-corrected chi connectivity index (χ2v) is 13.1. The summed E-state index contributed by atoms with van der Waals surface area (Å²) in [7, 11) is -4.76. The van der Waals surface area contributed by atoms with Crippen LogP contribution in [0.15, 0.2) is 24.3 Å². The van der Waals surface area contributed by atoms with Crippen molar-refractivity contribution < 1.29 is 42.7 Å². The van der Waals surface area contributed by atoms with Gasteiger partial charge in [0.1, 0.15) is 6.61 Å². The van der Waals surface area contributed by atoms with E-state index in [2.05, 4.69) is 24.4 Å². The van der Waals surface area contributed by atoms with Crippen molar-refractivity contribution in [3.8, 4) is 0 Å². The number of esters is 2. The fraction of sp³-hybridized carbons (Fsp3) is 0.800. The molecule has 0 fully saturated rings. The summed E-state index contributed by atoms with van der Waals surface area (Å²) in [4.78, 5) is 54.2. The Labute approximate surface area is 273 Å². The van der Waals surface area contributed by atoms with Crippen molar-refractivity contribution in [3.63, 3.8) is 0 Å². The molecule has 0 bridgehead atoms. The average molecular weight is 659 g/mol. The number of ketones is 1. The highest BCUT2D eigenvalue weighted by molar-refractivity contribution is 7.46. The molecule has 0 unspecified atom stereocenters. The molecule has 9 nitrogen and oxygen atoms in total. The van der Waals surface area contributed by atoms with E-state index < -0.39 is 32.5 Å². The van der Waals surface area contributed by atoms with Crippen LogP contribution in [-0.4, -0.2) is 46.8 Å². The lowest BCUT2D eigenvalue weighted by Crippen LogP contribution is -2.29. The topological polar surface area (TPSA) is 136 Å². The number of phosphoric acid groups is 1. The summed E-state index contributed by atoms with van der Waals surface area (Å²) in [5.74, 6) is -0.775. The fourth-order valence-electron chi connectivity index (χ4n) is 4.76. The lowest BCUT2D eigenvalue weighted by atomic mass is 10.1. The maximum atomic E-state index is 12.3. The van der Waals surface area contributed by atoms with E-state index in [1.807, 2.05) is 6.08 Å². The smallest absolute Gasteiger partial charge is 0.462 e. The van der Waals surface area contributed by atoms with Crippen LogP contribution in [0, 0.1) is 0 Å². The van der Waals surface area contributed by atoms with Gasteiger partial charge >= 0.3 is 19.8 Å². The third-order valence-corrected chi connectivity index (χ3v) is 7.93. The van der Waals surface area contributed by atoms with Gasteiger partial charge in [0, 0.05) is 19.3 Å². The Morgan fingerprint density at radius 1 is 0.622 bits per heavy atom. The third-order valence-electron chi connectivity index (χ3n) is 7.45. The molecule has 10 heteroatoms. The minimum Gasteiger partial charge on any atom is -0.462 e. The summed E-state index contributed by atoms with van der Waals surface area (Å²) >= 11 is 0. The van der Waals surface area contributed by atoms with Gasteiger partial charge in [-0.2, -0.15) is 0 Å². The largest absolute Gasteiger partial charge is 0.469 e. The summed E-state index contributed by atoms with van der Waals surface area (Å²) in [5.41, 5.74) is 0. The molecule has 0 rings (SSSR count). The molecule has 0 saturated heterocycles. The molecule has 45 heavy (non-hydrogen) atoms. The first-order valence-electron chi connectivity index (χ1n) is 17.6. The van der Waals surface area contributed by atoms with Gasteiger partial charge in [0.05, 0.1) is 6.61 Å². The van der Waals surface area contributed by atoms with Crippen LogP contribution in [0.25, 0.3) is 0 Å². The Bertz CT molecular complexity index is 850. The van der Waals surface area contributed by atoms with E-state index in [-0.39, 0.29) is 25.2 Å². The van der Waals surface area contributed by atoms with Crippen LogP contribution in [0.4, 0.5) is 0 Å². The molecule has 1 atom stereocenters. The standard InChI is InChI=1S/C35H63O9P/c1-3-5-7-8-9-10-11-14-17-20-24-28-34(37)42-30-33(31-43-45(39,40)41)44-35(38)29-25-21-18-15-12-13-16-19-23-27-32(36)26-22-6-4-2/h16,19,23,27,33H,3-15,17-18,20-22,24-26,28-31H2,1-2H3,(H2,39,40,41)/b19-16-,27-23+/t33-/m1/s1. The van der Waals surface area contributed by atoms with Crippen molar-refractivity contribution in [2.45, 2.75) is 168 Å². The number of rotatable bonds is 32. The Morgan fingerprint density at radius 3 is 1.69 bits per heavy atom. The molecule has 0 aliphatic carbocycles. The van der Waals surface area contributed by atoms with Crippen molar-refractivity contribution in [2.75, 3.05) is 13.2 Å². The quantitative estimate of drug-likeness (QED) is 0.0238. The van der Waals surface area contributed by atoms with Crippen LogP contribution < -0.4 is 0 Å². The lowest BCUT2D eigenvalue weighted by molar-refractivity contribution is -0.161. The first-order valence-corrected chi connectivity index (χ1v) is 19.1. The van der Waals surface area contributed by atoms with E-state index in [9.17, 15) is 18.9 Å². The molecule has 0 aromatic carbocycles. The van der Waals surface area contributed by atoms with E-state index in [0.717, 1.165) is 64.2 Å². The van der Waals surface area contributed by atoms with E-state index in [0.29, 0.717) is 19.3 Å². The average Bonchev–Trinajstić information content (AvgIpc) is 2.99. The van der Waals surface area contributed by atoms with Crippen molar-refractivity contribution in [3.05, 3.63) is 24.3 Å². The van der Waals surface area contributed by atoms with Crippen LogP contribution in [0.5, 0.6) is 0 Å². The van der Waals surface area contributed by atoms with Crippen LogP contribution in [0.1, 0.15) is 162 Å². The number of allylic oxidation sites excluding steroid dienone is 4. The molecular formula is C35H63O9P. The molecule has 0 heterocycles. The molecule has 0 aromatic heterocycles. The van der Waals surface area contributed by atoms with Gasteiger partial charge in [-0.15, -0.1) is 0 Å². The zero-order chi connectivity index (χ0) is 33.4. The second-order valence-electron chi connectivity index (χ2n) is 11.9. The number of phosphoric ester groups is 1. The summed E-state index contributed by atoms with van der Waals surface area (Å²) in [5, 5.41) is 0. The minimum absolute atomic E-state index is 0.163. The molecule has 0 spiro atoms. The molecule has 0 aliphatic rings. The van der Waals surface area contributed by atoms with E-state index in [1.54, 1.807) is 12.2 Å². The maximum absolute atomic E-state index is 12.3. The van der Waals surface area contributed by atoms with Crippen molar-refractivity contribution in [2.24, 2.45) is 0 Å². The molecule has 0 aromatic rings. The normalized spacial score (nSPS) is 12.6. The van der Waals surface area contributed by atoms with Crippen LogP contribution in [-0.2, 0) is 32.9 Å². The predicted octanol–water partition coefficient (Wildman–Crippen LogP) is 9.24. The molecule has 262 valence electrons. The summed E-state index contributed by atoms with van der Waals surface area (Å²) in [6.45, 7) is 3.47. The lowest BCUT2D eigenvalue weighted by Gasteiger charge is -2.18. The number of ether oxygens (including phenoxy) is 2.